The number of nitriles is 1. The molecule has 0 radical (unpaired) electrons. The van der Waals surface area contributed by atoms with E-state index >= 15 is 4.39 Å². The third-order valence-corrected chi connectivity index (χ3v) is 6.27. The van der Waals surface area contributed by atoms with Gasteiger partial charge in [0.2, 0.25) is 5.91 Å². The Bertz CT molecular complexity index is 1580. The Morgan fingerprint density at radius 3 is 2.57 bits per heavy atom. The number of fused-ring (bicyclic) bond motifs is 1. The third kappa shape index (κ3) is 5.97. The first kappa shape index (κ1) is 26.3. The van der Waals surface area contributed by atoms with Gasteiger partial charge in [0.15, 0.2) is 11.6 Å². The van der Waals surface area contributed by atoms with Crippen molar-refractivity contribution >= 4 is 57.5 Å². The minimum Gasteiger partial charge on any atom is -0.453 e. The van der Waals surface area contributed by atoms with E-state index in [1.165, 1.54) is 37.3 Å². The fourth-order valence-corrected chi connectivity index (χ4v) is 4.28. The molecule has 0 aliphatic rings. The van der Waals surface area contributed by atoms with Gasteiger partial charge in [0, 0.05) is 41.5 Å². The highest BCUT2D eigenvalue weighted by Crippen LogP contribution is 2.35. The molecular formula is C26H18Cl3FN4O3. The van der Waals surface area contributed by atoms with Crippen LogP contribution in [0.3, 0.4) is 0 Å². The lowest BCUT2D eigenvalue weighted by Crippen LogP contribution is -2.24. The number of amides is 2. The molecule has 0 spiro atoms. The Kier molecular flexibility index (Phi) is 7.89. The van der Waals surface area contributed by atoms with Crippen molar-refractivity contribution in [3.63, 3.8) is 0 Å². The molecule has 0 saturated carbocycles. The lowest BCUT2D eigenvalue weighted by molar-refractivity contribution is -0.119. The zero-order valence-electron chi connectivity index (χ0n) is 19.2. The minimum atomic E-state index is -0.781. The van der Waals surface area contributed by atoms with Crippen molar-refractivity contribution in [3.05, 3.63) is 91.8 Å². The number of hydrogen-bond donors (Lipinski definition) is 3. The molecule has 37 heavy (non-hydrogen) atoms. The number of nitrogens with zero attached hydrogens (tertiary/aromatic N) is 1. The normalized spacial score (nSPS) is 10.7. The van der Waals surface area contributed by atoms with Gasteiger partial charge < -0.3 is 20.4 Å². The molecule has 4 aromatic rings. The standard InChI is InChI=1S/C26H18Cl3FN4O3/c1-13(35)32-11-14-2-4-19-21(8-14)34-24(22(19)29)26(36)33-12-16-3-5-20(28)25(23(16)30)37-18-7-15(10-31)6-17(27)9-18/h2-9,34H,11-12H2,1H3,(H,32,35)(H,33,36). The zero-order chi connectivity index (χ0) is 26.7. The van der Waals surface area contributed by atoms with Crippen LogP contribution in [0.2, 0.25) is 15.1 Å². The van der Waals surface area contributed by atoms with E-state index in [0.717, 1.165) is 5.56 Å². The molecule has 0 bridgehead atoms. The first-order chi connectivity index (χ1) is 17.7. The molecule has 1 heterocycles. The molecule has 0 fully saturated rings. The van der Waals surface area contributed by atoms with E-state index in [9.17, 15) is 9.59 Å². The topological polar surface area (TPSA) is 107 Å². The molecule has 3 aromatic carbocycles. The summed E-state index contributed by atoms with van der Waals surface area (Å²) in [6.45, 7) is 1.57. The summed E-state index contributed by atoms with van der Waals surface area (Å²) in [5, 5.41) is 15.5. The summed E-state index contributed by atoms with van der Waals surface area (Å²) in [5.74, 6) is -1.62. The van der Waals surface area contributed by atoms with E-state index in [-0.39, 0.29) is 55.8 Å². The summed E-state index contributed by atoms with van der Waals surface area (Å²) >= 11 is 18.5. The van der Waals surface area contributed by atoms with Crippen LogP contribution in [0.15, 0.2) is 48.5 Å². The Hall–Kier alpha value is -3.77. The smallest absolute Gasteiger partial charge is 0.269 e. The molecular weight excluding hydrogens is 542 g/mol. The molecule has 3 N–H and O–H groups in total. The van der Waals surface area contributed by atoms with Gasteiger partial charge in [-0.3, -0.25) is 9.59 Å². The molecule has 188 valence electrons. The fourth-order valence-electron chi connectivity index (χ4n) is 3.57. The van der Waals surface area contributed by atoms with E-state index < -0.39 is 11.7 Å². The number of carbonyl (C=O) groups excluding carboxylic acids is 2. The van der Waals surface area contributed by atoms with E-state index in [4.69, 9.17) is 44.8 Å². The largest absolute Gasteiger partial charge is 0.453 e. The monoisotopic (exact) mass is 558 g/mol. The van der Waals surface area contributed by atoms with Crippen LogP contribution in [-0.2, 0) is 17.9 Å². The highest BCUT2D eigenvalue weighted by molar-refractivity contribution is 6.38. The number of H-pyrrole nitrogens is 1. The number of hydrogen-bond acceptors (Lipinski definition) is 4. The predicted molar refractivity (Wildman–Crippen MR) is 140 cm³/mol. The highest BCUT2D eigenvalue weighted by Gasteiger charge is 2.19. The van der Waals surface area contributed by atoms with E-state index in [0.29, 0.717) is 17.4 Å². The van der Waals surface area contributed by atoms with E-state index in [1.807, 2.05) is 6.07 Å². The molecule has 11 heteroatoms. The van der Waals surface area contributed by atoms with Crippen molar-refractivity contribution in [2.45, 2.75) is 20.0 Å². The number of benzene rings is 3. The Morgan fingerprint density at radius 1 is 1.05 bits per heavy atom. The van der Waals surface area contributed by atoms with E-state index in [2.05, 4.69) is 15.6 Å². The Labute approximate surface area is 226 Å². The van der Waals surface area contributed by atoms with Crippen molar-refractivity contribution < 1.29 is 18.7 Å². The minimum absolute atomic E-state index is 0.000196. The molecule has 0 aliphatic heterocycles. The van der Waals surface area contributed by atoms with Gasteiger partial charge in [-0.2, -0.15) is 5.26 Å². The van der Waals surface area contributed by atoms with Crippen LogP contribution in [0.4, 0.5) is 4.39 Å². The van der Waals surface area contributed by atoms with Crippen LogP contribution in [-0.4, -0.2) is 16.8 Å². The van der Waals surface area contributed by atoms with Gasteiger partial charge in [0.25, 0.3) is 5.91 Å². The summed E-state index contributed by atoms with van der Waals surface area (Å²) in [4.78, 5) is 27.0. The Morgan fingerprint density at radius 2 is 1.84 bits per heavy atom. The van der Waals surface area contributed by atoms with Crippen LogP contribution in [0.25, 0.3) is 10.9 Å². The van der Waals surface area contributed by atoms with Gasteiger partial charge in [-0.25, -0.2) is 4.39 Å². The van der Waals surface area contributed by atoms with Crippen LogP contribution in [0.1, 0.15) is 34.1 Å². The van der Waals surface area contributed by atoms with Crippen LogP contribution in [0, 0.1) is 17.1 Å². The maximum Gasteiger partial charge on any atom is 0.269 e. The summed E-state index contributed by atoms with van der Waals surface area (Å²) in [7, 11) is 0. The van der Waals surface area contributed by atoms with Crippen molar-refractivity contribution in [1.29, 1.82) is 5.26 Å². The van der Waals surface area contributed by atoms with Gasteiger partial charge in [-0.05, 0) is 35.9 Å². The SMILES string of the molecule is CC(=O)NCc1ccc2c(Cl)c(C(=O)NCc3ccc(Cl)c(Oc4cc(Cl)cc(C#N)c4)c3F)[nH]c2c1. The first-order valence-corrected chi connectivity index (χ1v) is 12.0. The molecule has 1 aromatic heterocycles. The summed E-state index contributed by atoms with van der Waals surface area (Å²) in [6.07, 6.45) is 0. The average Bonchev–Trinajstić information content (AvgIpc) is 3.20. The van der Waals surface area contributed by atoms with Gasteiger partial charge in [0.1, 0.15) is 11.4 Å². The summed E-state index contributed by atoms with van der Waals surface area (Å²) in [6, 6.07) is 14.4. The van der Waals surface area contributed by atoms with Crippen molar-refractivity contribution in [2.75, 3.05) is 0 Å². The number of nitrogens with one attached hydrogen (secondary N) is 3. The number of aromatic nitrogens is 1. The lowest BCUT2D eigenvalue weighted by atomic mass is 10.1. The third-order valence-electron chi connectivity index (χ3n) is 5.36. The number of rotatable bonds is 7. The van der Waals surface area contributed by atoms with Crippen molar-refractivity contribution in [1.82, 2.24) is 15.6 Å². The number of halogens is 4. The number of carbonyl (C=O) groups is 2. The van der Waals surface area contributed by atoms with Crippen molar-refractivity contribution in [3.8, 4) is 17.6 Å². The molecule has 4 rings (SSSR count). The maximum absolute atomic E-state index is 15.3. The Balaban J connectivity index is 1.52. The second kappa shape index (κ2) is 11.1. The predicted octanol–water partition coefficient (Wildman–Crippen LogP) is 6.50. The molecule has 7 nitrogen and oxygen atoms in total. The van der Waals surface area contributed by atoms with Crippen LogP contribution in [0.5, 0.6) is 11.5 Å². The quantitative estimate of drug-likeness (QED) is 0.240. The van der Waals surface area contributed by atoms with Gasteiger partial charge >= 0.3 is 0 Å². The van der Waals surface area contributed by atoms with Gasteiger partial charge in [-0.15, -0.1) is 0 Å². The number of ether oxygens (including phenoxy) is 1. The number of aromatic amines is 1. The van der Waals surface area contributed by atoms with E-state index in [1.54, 1.807) is 18.2 Å². The van der Waals surface area contributed by atoms with Gasteiger partial charge in [-0.1, -0.05) is 53.0 Å². The fraction of sp³-hybridized carbons (Fsp3) is 0.115. The molecule has 0 aliphatic carbocycles. The second-order valence-corrected chi connectivity index (χ2v) is 9.25. The second-order valence-electron chi connectivity index (χ2n) is 8.03. The first-order valence-electron chi connectivity index (χ1n) is 10.8. The lowest BCUT2D eigenvalue weighted by Gasteiger charge is -2.13. The average molecular weight is 560 g/mol. The molecule has 0 unspecified atom stereocenters. The highest BCUT2D eigenvalue weighted by atomic mass is 35.5. The van der Waals surface area contributed by atoms with Crippen LogP contribution >= 0.6 is 34.8 Å². The maximum atomic E-state index is 15.3. The summed E-state index contributed by atoms with van der Waals surface area (Å²) < 4.78 is 20.8. The van der Waals surface area contributed by atoms with Crippen LogP contribution < -0.4 is 15.4 Å². The molecule has 2 amide bonds. The summed E-state index contributed by atoms with van der Waals surface area (Å²) in [5.41, 5.74) is 1.90. The van der Waals surface area contributed by atoms with Crippen molar-refractivity contribution in [2.24, 2.45) is 0 Å². The molecule has 0 saturated heterocycles. The van der Waals surface area contributed by atoms with Gasteiger partial charge in [0.05, 0.1) is 21.7 Å². The molecule has 0 atom stereocenters. The zero-order valence-corrected chi connectivity index (χ0v) is 21.5.